The lowest BCUT2D eigenvalue weighted by Crippen LogP contribution is -2.71. The number of nitrogens with one attached hydrogen (secondary N) is 1. The Morgan fingerprint density at radius 3 is 2.39 bits per heavy atom. The standard InChI is InChI=1S/C27H32F3IN4O3/c1-26(2,25(32)37)35(17-6-4-3-5-7-17)15-27(38)13-34(14-27)24(36)18-9-10-19(28)22(30)23(18)33-21-11-8-16(31)12-20(21)29/h8-12,17,33,38H,3-7,13-15H2,1-2H3,(H2,32,37). The number of carbonyl (C=O) groups excluding carboxylic acids is 2. The molecule has 7 nitrogen and oxygen atoms in total. The second kappa shape index (κ2) is 11.0. The largest absolute Gasteiger partial charge is 0.385 e. The number of aliphatic hydroxyl groups is 1. The summed E-state index contributed by atoms with van der Waals surface area (Å²) in [6, 6.07) is 6.23. The van der Waals surface area contributed by atoms with Crippen LogP contribution in [0, 0.1) is 21.0 Å². The van der Waals surface area contributed by atoms with Crippen molar-refractivity contribution in [1.29, 1.82) is 0 Å². The molecule has 1 saturated heterocycles. The molecule has 2 aliphatic rings. The van der Waals surface area contributed by atoms with Crippen LogP contribution in [0.4, 0.5) is 24.5 Å². The SMILES string of the molecule is CC(C)(C(N)=O)N(CC1(O)CN(C(=O)c2ccc(F)c(F)c2Nc2ccc(I)cc2F)C1)C1CCCCC1. The first kappa shape index (κ1) is 28.6. The van der Waals surface area contributed by atoms with E-state index in [9.17, 15) is 27.9 Å². The highest BCUT2D eigenvalue weighted by Gasteiger charge is 2.49. The predicted molar refractivity (Wildman–Crippen MR) is 146 cm³/mol. The number of nitrogens with two attached hydrogens (primary N) is 1. The van der Waals surface area contributed by atoms with Crippen LogP contribution < -0.4 is 11.1 Å². The number of amides is 2. The Morgan fingerprint density at radius 1 is 1.13 bits per heavy atom. The van der Waals surface area contributed by atoms with Crippen molar-refractivity contribution in [3.05, 3.63) is 56.9 Å². The van der Waals surface area contributed by atoms with Crippen molar-refractivity contribution in [3.8, 4) is 0 Å². The van der Waals surface area contributed by atoms with Crippen LogP contribution >= 0.6 is 22.6 Å². The molecule has 2 aromatic rings. The van der Waals surface area contributed by atoms with Gasteiger partial charge in [0.2, 0.25) is 5.91 Å². The molecular weight excluding hydrogens is 612 g/mol. The van der Waals surface area contributed by atoms with Gasteiger partial charge in [0.1, 0.15) is 11.4 Å². The summed E-state index contributed by atoms with van der Waals surface area (Å²) in [7, 11) is 0. The van der Waals surface area contributed by atoms with Gasteiger partial charge in [-0.1, -0.05) is 19.3 Å². The van der Waals surface area contributed by atoms with Crippen LogP contribution in [-0.4, -0.2) is 63.5 Å². The maximum absolute atomic E-state index is 14.8. The van der Waals surface area contributed by atoms with E-state index < -0.39 is 46.1 Å². The van der Waals surface area contributed by atoms with Crippen LogP contribution in [0.5, 0.6) is 0 Å². The second-order valence-electron chi connectivity index (χ2n) is 10.8. The minimum absolute atomic E-state index is 0.0692. The van der Waals surface area contributed by atoms with Crippen molar-refractivity contribution in [1.82, 2.24) is 9.80 Å². The number of halogens is 4. The number of primary amides is 1. The van der Waals surface area contributed by atoms with Crippen LogP contribution in [0.15, 0.2) is 30.3 Å². The zero-order chi connectivity index (χ0) is 27.8. The normalized spacial score (nSPS) is 17.8. The lowest BCUT2D eigenvalue weighted by Gasteiger charge is -2.53. The van der Waals surface area contributed by atoms with Crippen LogP contribution in [0.2, 0.25) is 0 Å². The predicted octanol–water partition coefficient (Wildman–Crippen LogP) is 4.54. The van der Waals surface area contributed by atoms with Crippen LogP contribution in [0.1, 0.15) is 56.3 Å². The first-order valence-electron chi connectivity index (χ1n) is 12.6. The molecule has 4 rings (SSSR count). The van der Waals surface area contributed by atoms with Gasteiger partial charge in [-0.25, -0.2) is 13.2 Å². The van der Waals surface area contributed by atoms with Crippen molar-refractivity contribution < 1.29 is 27.9 Å². The average molecular weight is 644 g/mol. The average Bonchev–Trinajstić information content (AvgIpc) is 2.85. The molecule has 0 radical (unpaired) electrons. The number of nitrogens with zero attached hydrogens (tertiary/aromatic N) is 2. The monoisotopic (exact) mass is 644 g/mol. The second-order valence-corrected chi connectivity index (χ2v) is 12.0. The molecule has 4 N–H and O–H groups in total. The minimum atomic E-state index is -1.31. The van der Waals surface area contributed by atoms with Crippen LogP contribution in [0.25, 0.3) is 0 Å². The fourth-order valence-corrected chi connectivity index (χ4v) is 5.74. The third kappa shape index (κ3) is 5.79. The summed E-state index contributed by atoms with van der Waals surface area (Å²) in [4.78, 5) is 28.9. The Hall–Kier alpha value is -2.38. The van der Waals surface area contributed by atoms with Crippen LogP contribution in [0.3, 0.4) is 0 Å². The Morgan fingerprint density at radius 2 is 1.79 bits per heavy atom. The van der Waals surface area contributed by atoms with E-state index in [2.05, 4.69) is 5.32 Å². The molecular formula is C27H32F3IN4O3. The van der Waals surface area contributed by atoms with E-state index in [0.29, 0.717) is 3.57 Å². The van der Waals surface area contributed by atoms with Crippen molar-refractivity contribution in [2.24, 2.45) is 5.73 Å². The maximum Gasteiger partial charge on any atom is 0.256 e. The van der Waals surface area contributed by atoms with E-state index in [4.69, 9.17) is 5.73 Å². The van der Waals surface area contributed by atoms with Gasteiger partial charge < -0.3 is 21.1 Å². The van der Waals surface area contributed by atoms with Crippen LogP contribution in [-0.2, 0) is 4.79 Å². The van der Waals surface area contributed by atoms with Gasteiger partial charge in [-0.15, -0.1) is 0 Å². The molecule has 0 atom stereocenters. The van der Waals surface area contributed by atoms with Crippen molar-refractivity contribution in [2.75, 3.05) is 25.0 Å². The molecule has 2 aromatic carbocycles. The van der Waals surface area contributed by atoms with E-state index in [1.54, 1.807) is 19.9 Å². The van der Waals surface area contributed by atoms with E-state index in [1.165, 1.54) is 17.0 Å². The van der Waals surface area contributed by atoms with Gasteiger partial charge >= 0.3 is 0 Å². The quantitative estimate of drug-likeness (QED) is 0.367. The van der Waals surface area contributed by atoms with Crippen molar-refractivity contribution >= 4 is 45.8 Å². The van der Waals surface area contributed by atoms with Crippen molar-refractivity contribution in [2.45, 2.75) is 63.1 Å². The topological polar surface area (TPSA) is 98.9 Å². The molecule has 206 valence electrons. The van der Waals surface area contributed by atoms with Crippen molar-refractivity contribution in [3.63, 3.8) is 0 Å². The van der Waals surface area contributed by atoms with E-state index in [-0.39, 0.29) is 36.9 Å². The summed E-state index contributed by atoms with van der Waals surface area (Å²) in [6.07, 6.45) is 4.92. The van der Waals surface area contributed by atoms with Gasteiger partial charge in [0.15, 0.2) is 11.6 Å². The fraction of sp³-hybridized carbons (Fsp3) is 0.481. The number of benzene rings is 2. The van der Waals surface area contributed by atoms with E-state index in [0.717, 1.165) is 44.2 Å². The minimum Gasteiger partial charge on any atom is -0.385 e. The third-order valence-electron chi connectivity index (χ3n) is 7.57. The molecule has 0 aromatic heterocycles. The summed E-state index contributed by atoms with van der Waals surface area (Å²) >= 11 is 1.92. The van der Waals surface area contributed by atoms with E-state index in [1.807, 2.05) is 27.5 Å². The Balaban J connectivity index is 1.53. The number of hydrogen-bond acceptors (Lipinski definition) is 5. The summed E-state index contributed by atoms with van der Waals surface area (Å²) in [6.45, 7) is 3.46. The van der Waals surface area contributed by atoms with Gasteiger partial charge in [0.05, 0.1) is 35.6 Å². The Kier molecular flexibility index (Phi) is 8.29. The number of anilines is 2. The highest BCUT2D eigenvalue weighted by molar-refractivity contribution is 14.1. The molecule has 1 saturated carbocycles. The van der Waals surface area contributed by atoms with E-state index >= 15 is 0 Å². The lowest BCUT2D eigenvalue weighted by atomic mass is 9.85. The van der Waals surface area contributed by atoms with Gasteiger partial charge in [-0.2, -0.15) is 0 Å². The Bertz CT molecular complexity index is 1230. The third-order valence-corrected chi connectivity index (χ3v) is 8.25. The molecule has 0 unspecified atom stereocenters. The molecule has 2 amide bonds. The molecule has 1 aliphatic heterocycles. The van der Waals surface area contributed by atoms with Gasteiger partial charge in [0, 0.05) is 16.2 Å². The summed E-state index contributed by atoms with van der Waals surface area (Å²) in [5, 5.41) is 13.8. The molecule has 11 heteroatoms. The number of rotatable bonds is 8. The molecule has 0 bridgehead atoms. The summed E-state index contributed by atoms with van der Waals surface area (Å²) < 4.78 is 43.9. The fourth-order valence-electron chi connectivity index (χ4n) is 5.29. The number of β-amino-alcohol motifs (C(OH)–C–C–N with tert-alkyl or cyclic N) is 1. The lowest BCUT2D eigenvalue weighted by molar-refractivity contribution is -0.143. The Labute approximate surface area is 233 Å². The summed E-state index contributed by atoms with van der Waals surface area (Å²) in [5.41, 5.74) is 2.61. The summed E-state index contributed by atoms with van der Waals surface area (Å²) in [5.74, 6) is -4.32. The zero-order valence-electron chi connectivity index (χ0n) is 21.4. The molecule has 1 heterocycles. The molecule has 0 spiro atoms. The van der Waals surface area contributed by atoms with Gasteiger partial charge in [-0.05, 0) is 79.6 Å². The highest BCUT2D eigenvalue weighted by Crippen LogP contribution is 2.35. The number of likely N-dealkylation sites (tertiary alicyclic amines) is 1. The zero-order valence-corrected chi connectivity index (χ0v) is 23.5. The molecule has 1 aliphatic carbocycles. The first-order valence-corrected chi connectivity index (χ1v) is 13.7. The number of carbonyl (C=O) groups is 2. The highest BCUT2D eigenvalue weighted by atomic mass is 127. The van der Waals surface area contributed by atoms with Gasteiger partial charge in [0.25, 0.3) is 5.91 Å². The smallest absolute Gasteiger partial charge is 0.256 e. The first-order chi connectivity index (χ1) is 17.8. The maximum atomic E-state index is 14.8. The molecule has 38 heavy (non-hydrogen) atoms. The molecule has 2 fully saturated rings. The van der Waals surface area contributed by atoms with Gasteiger partial charge in [-0.3, -0.25) is 14.5 Å². The number of hydrogen-bond donors (Lipinski definition) is 3.